The molecule has 0 radical (unpaired) electrons. The zero-order chi connectivity index (χ0) is 17.1. The average molecular weight is 391 g/mol. The van der Waals surface area contributed by atoms with Gasteiger partial charge in [-0.1, -0.05) is 59.2 Å². The number of nitrogens with one attached hydrogen (secondary N) is 1. The smallest absolute Gasteiger partial charge is 0.241 e. The van der Waals surface area contributed by atoms with Gasteiger partial charge in [0, 0.05) is 36.3 Å². The Labute approximate surface area is 163 Å². The Hall–Kier alpha value is -1.92. The van der Waals surface area contributed by atoms with Crippen molar-refractivity contribution in [2.24, 2.45) is 0 Å². The van der Waals surface area contributed by atoms with E-state index in [4.69, 9.17) is 16.1 Å². The maximum atomic E-state index is 6.16. The van der Waals surface area contributed by atoms with Crippen LogP contribution in [0.1, 0.15) is 17.5 Å². The number of halogens is 2. The first-order valence-electron chi connectivity index (χ1n) is 8.38. The SMILES string of the molecule is Cl.Clc1cccc(C2CNCCN2Cc2nc(-c3ccccc3)no2)c1. The molecule has 1 aliphatic heterocycles. The molecule has 7 heteroatoms. The Balaban J connectivity index is 0.00000196. The second kappa shape index (κ2) is 8.64. The molecule has 1 aromatic heterocycles. The van der Waals surface area contributed by atoms with Crippen molar-refractivity contribution < 1.29 is 4.52 Å². The van der Waals surface area contributed by atoms with Crippen LogP contribution in [0.15, 0.2) is 59.1 Å². The minimum Gasteiger partial charge on any atom is -0.338 e. The molecule has 5 nitrogen and oxygen atoms in total. The minimum atomic E-state index is 0. The highest BCUT2D eigenvalue weighted by molar-refractivity contribution is 6.30. The molecule has 1 N–H and O–H groups in total. The van der Waals surface area contributed by atoms with Gasteiger partial charge >= 0.3 is 0 Å². The van der Waals surface area contributed by atoms with Gasteiger partial charge < -0.3 is 9.84 Å². The van der Waals surface area contributed by atoms with Crippen LogP contribution in [0.4, 0.5) is 0 Å². The first-order valence-corrected chi connectivity index (χ1v) is 8.75. The van der Waals surface area contributed by atoms with E-state index >= 15 is 0 Å². The lowest BCUT2D eigenvalue weighted by Crippen LogP contribution is -2.45. The summed E-state index contributed by atoms with van der Waals surface area (Å²) in [5.41, 5.74) is 2.16. The fourth-order valence-electron chi connectivity index (χ4n) is 3.18. The summed E-state index contributed by atoms with van der Waals surface area (Å²) < 4.78 is 5.48. The van der Waals surface area contributed by atoms with Gasteiger partial charge in [0.2, 0.25) is 11.7 Å². The second-order valence-corrected chi connectivity index (χ2v) is 6.56. The first kappa shape index (κ1) is 18.9. The Morgan fingerprint density at radius 3 is 2.81 bits per heavy atom. The Morgan fingerprint density at radius 2 is 2.00 bits per heavy atom. The summed E-state index contributed by atoms with van der Waals surface area (Å²) in [7, 11) is 0. The third kappa shape index (κ3) is 4.24. The van der Waals surface area contributed by atoms with Gasteiger partial charge in [0.1, 0.15) is 0 Å². The molecule has 1 aliphatic rings. The van der Waals surface area contributed by atoms with Crippen LogP contribution in [0.2, 0.25) is 5.02 Å². The summed E-state index contributed by atoms with van der Waals surface area (Å²) in [6.07, 6.45) is 0. The van der Waals surface area contributed by atoms with Gasteiger partial charge in [-0.25, -0.2) is 0 Å². The van der Waals surface area contributed by atoms with Crippen LogP contribution in [0.25, 0.3) is 11.4 Å². The molecule has 0 amide bonds. The summed E-state index contributed by atoms with van der Waals surface area (Å²) >= 11 is 6.16. The lowest BCUT2D eigenvalue weighted by Gasteiger charge is -2.35. The van der Waals surface area contributed by atoms with Crippen molar-refractivity contribution in [2.45, 2.75) is 12.6 Å². The highest BCUT2D eigenvalue weighted by Crippen LogP contribution is 2.26. The van der Waals surface area contributed by atoms with Gasteiger partial charge in [-0.15, -0.1) is 12.4 Å². The van der Waals surface area contributed by atoms with Crippen LogP contribution < -0.4 is 5.32 Å². The lowest BCUT2D eigenvalue weighted by atomic mass is 10.0. The van der Waals surface area contributed by atoms with E-state index in [0.717, 1.165) is 30.2 Å². The van der Waals surface area contributed by atoms with Crippen molar-refractivity contribution in [2.75, 3.05) is 19.6 Å². The summed E-state index contributed by atoms with van der Waals surface area (Å²) in [6.45, 7) is 3.36. The van der Waals surface area contributed by atoms with E-state index in [2.05, 4.69) is 26.4 Å². The third-order valence-electron chi connectivity index (χ3n) is 4.43. The summed E-state index contributed by atoms with van der Waals surface area (Å²) in [6, 6.07) is 18.1. The number of nitrogens with zero attached hydrogens (tertiary/aromatic N) is 3. The van der Waals surface area contributed by atoms with Crippen molar-refractivity contribution in [1.29, 1.82) is 0 Å². The first-order chi connectivity index (χ1) is 12.3. The number of hydrogen-bond donors (Lipinski definition) is 1. The van der Waals surface area contributed by atoms with Gasteiger partial charge in [0.15, 0.2) is 0 Å². The van der Waals surface area contributed by atoms with E-state index in [1.54, 1.807) is 0 Å². The Bertz CT molecular complexity index is 840. The van der Waals surface area contributed by atoms with E-state index in [0.29, 0.717) is 18.3 Å². The molecule has 1 saturated heterocycles. The molecule has 0 spiro atoms. The molecular formula is C19H20Cl2N4O. The van der Waals surface area contributed by atoms with E-state index < -0.39 is 0 Å². The molecule has 1 fully saturated rings. The number of aromatic nitrogens is 2. The second-order valence-electron chi connectivity index (χ2n) is 6.12. The van der Waals surface area contributed by atoms with E-state index in [-0.39, 0.29) is 18.4 Å². The number of hydrogen-bond acceptors (Lipinski definition) is 5. The molecule has 2 aromatic carbocycles. The summed E-state index contributed by atoms with van der Waals surface area (Å²) in [5, 5.41) is 8.32. The van der Waals surface area contributed by atoms with Crippen LogP contribution >= 0.6 is 24.0 Å². The largest absolute Gasteiger partial charge is 0.338 e. The predicted molar refractivity (Wildman–Crippen MR) is 104 cm³/mol. The van der Waals surface area contributed by atoms with E-state index in [1.165, 1.54) is 5.56 Å². The molecule has 0 saturated carbocycles. The van der Waals surface area contributed by atoms with Gasteiger partial charge in [-0.05, 0) is 17.7 Å². The molecule has 3 aromatic rings. The zero-order valence-electron chi connectivity index (χ0n) is 14.1. The van der Waals surface area contributed by atoms with Crippen molar-refractivity contribution in [3.63, 3.8) is 0 Å². The number of piperazine rings is 1. The van der Waals surface area contributed by atoms with E-state index in [9.17, 15) is 0 Å². The number of benzene rings is 2. The van der Waals surface area contributed by atoms with Crippen molar-refractivity contribution in [1.82, 2.24) is 20.4 Å². The van der Waals surface area contributed by atoms with Crippen molar-refractivity contribution in [3.8, 4) is 11.4 Å². The molecule has 0 bridgehead atoms. The van der Waals surface area contributed by atoms with Gasteiger partial charge in [-0.3, -0.25) is 4.90 Å². The van der Waals surface area contributed by atoms with Crippen molar-refractivity contribution >= 4 is 24.0 Å². The normalized spacial score (nSPS) is 17.7. The third-order valence-corrected chi connectivity index (χ3v) is 4.66. The highest BCUT2D eigenvalue weighted by atomic mass is 35.5. The standard InChI is InChI=1S/C19H19ClN4O.ClH/c20-16-8-4-7-15(11-16)17-12-21-9-10-24(17)13-18-22-19(23-25-18)14-5-2-1-3-6-14;/h1-8,11,17,21H,9-10,12-13H2;1H. The molecular weight excluding hydrogens is 371 g/mol. The predicted octanol–water partition coefficient (Wildman–Crippen LogP) is 3.96. The van der Waals surface area contributed by atoms with Crippen LogP contribution in [0, 0.1) is 0 Å². The zero-order valence-corrected chi connectivity index (χ0v) is 15.7. The van der Waals surface area contributed by atoms with E-state index in [1.807, 2.05) is 48.5 Å². The van der Waals surface area contributed by atoms with Gasteiger partial charge in [0.25, 0.3) is 0 Å². The minimum absolute atomic E-state index is 0. The van der Waals surface area contributed by atoms with Crippen LogP contribution in [-0.4, -0.2) is 34.7 Å². The fraction of sp³-hybridized carbons (Fsp3) is 0.263. The monoisotopic (exact) mass is 390 g/mol. The molecule has 136 valence electrons. The molecule has 4 rings (SSSR count). The number of rotatable bonds is 4. The van der Waals surface area contributed by atoms with Crippen LogP contribution in [-0.2, 0) is 6.54 Å². The average Bonchev–Trinajstić information content (AvgIpc) is 3.11. The van der Waals surface area contributed by atoms with Gasteiger partial charge in [-0.2, -0.15) is 4.98 Å². The summed E-state index contributed by atoms with van der Waals surface area (Å²) in [4.78, 5) is 6.91. The molecule has 1 unspecified atom stereocenters. The topological polar surface area (TPSA) is 54.2 Å². The fourth-order valence-corrected chi connectivity index (χ4v) is 3.37. The highest BCUT2D eigenvalue weighted by Gasteiger charge is 2.25. The molecule has 0 aliphatic carbocycles. The Morgan fingerprint density at radius 1 is 1.15 bits per heavy atom. The maximum absolute atomic E-state index is 6.16. The van der Waals surface area contributed by atoms with Crippen molar-refractivity contribution in [3.05, 3.63) is 71.1 Å². The molecule has 1 atom stereocenters. The quantitative estimate of drug-likeness (QED) is 0.730. The van der Waals surface area contributed by atoms with Gasteiger partial charge in [0.05, 0.1) is 6.54 Å². The molecule has 26 heavy (non-hydrogen) atoms. The molecule has 2 heterocycles. The summed E-state index contributed by atoms with van der Waals surface area (Å²) in [5.74, 6) is 1.26. The van der Waals surface area contributed by atoms with Crippen LogP contribution in [0.5, 0.6) is 0 Å². The Kier molecular flexibility index (Phi) is 6.27. The van der Waals surface area contributed by atoms with Crippen LogP contribution in [0.3, 0.4) is 0 Å². The maximum Gasteiger partial charge on any atom is 0.241 e. The lowest BCUT2D eigenvalue weighted by molar-refractivity contribution is 0.135.